The Kier molecular flexibility index (Phi) is 11.1. The van der Waals surface area contributed by atoms with E-state index < -0.39 is 0 Å². The van der Waals surface area contributed by atoms with Gasteiger partial charge in [-0.1, -0.05) is 19.8 Å². The number of ether oxygens (including phenoxy) is 2. The van der Waals surface area contributed by atoms with Crippen LogP contribution < -0.4 is 10.6 Å². The van der Waals surface area contributed by atoms with Gasteiger partial charge in [0.2, 0.25) is 0 Å². The van der Waals surface area contributed by atoms with Crippen LogP contribution in [0.4, 0.5) is 0 Å². The SMILES string of the molecule is CCNC(=NCC1CCC(C)CC1)NCCCOCCOC. The summed E-state index contributed by atoms with van der Waals surface area (Å²) in [6, 6.07) is 0. The molecular weight excluding hydrogens is 278 g/mol. The fraction of sp³-hybridized carbons (Fsp3) is 0.941. The molecule has 0 atom stereocenters. The summed E-state index contributed by atoms with van der Waals surface area (Å²) in [5, 5.41) is 6.71. The maximum atomic E-state index is 5.46. The molecule has 0 aliphatic heterocycles. The normalized spacial score (nSPS) is 22.6. The van der Waals surface area contributed by atoms with Gasteiger partial charge in [0.1, 0.15) is 0 Å². The van der Waals surface area contributed by atoms with Gasteiger partial charge in [-0.2, -0.15) is 0 Å². The van der Waals surface area contributed by atoms with E-state index in [-0.39, 0.29) is 0 Å². The Hall–Kier alpha value is -0.810. The second kappa shape index (κ2) is 12.7. The third kappa shape index (κ3) is 9.26. The van der Waals surface area contributed by atoms with Crippen molar-refractivity contribution in [2.45, 2.75) is 46.0 Å². The Balaban J connectivity index is 2.15. The van der Waals surface area contributed by atoms with E-state index in [1.165, 1.54) is 25.7 Å². The Morgan fingerprint density at radius 1 is 1.09 bits per heavy atom. The Bertz CT molecular complexity index is 290. The lowest BCUT2D eigenvalue weighted by atomic mass is 9.83. The number of guanidine groups is 1. The van der Waals surface area contributed by atoms with E-state index in [1.807, 2.05) is 0 Å². The number of aliphatic imine (C=N–C) groups is 1. The summed E-state index contributed by atoms with van der Waals surface area (Å²) in [5.41, 5.74) is 0. The summed E-state index contributed by atoms with van der Waals surface area (Å²) in [4.78, 5) is 4.74. The lowest BCUT2D eigenvalue weighted by molar-refractivity contribution is 0.0698. The minimum atomic E-state index is 0.664. The van der Waals surface area contributed by atoms with Crippen molar-refractivity contribution in [1.82, 2.24) is 10.6 Å². The molecule has 22 heavy (non-hydrogen) atoms. The molecule has 0 bridgehead atoms. The molecule has 130 valence electrons. The van der Waals surface area contributed by atoms with Crippen LogP contribution in [0.3, 0.4) is 0 Å². The van der Waals surface area contributed by atoms with Crippen molar-refractivity contribution in [3.05, 3.63) is 0 Å². The molecule has 0 heterocycles. The summed E-state index contributed by atoms with van der Waals surface area (Å²) in [6.07, 6.45) is 6.37. The minimum absolute atomic E-state index is 0.664. The minimum Gasteiger partial charge on any atom is -0.382 e. The highest BCUT2D eigenvalue weighted by Gasteiger charge is 2.17. The second-order valence-electron chi connectivity index (χ2n) is 6.23. The molecule has 0 radical (unpaired) electrons. The van der Waals surface area contributed by atoms with Crippen LogP contribution in [0.1, 0.15) is 46.0 Å². The van der Waals surface area contributed by atoms with Crippen molar-refractivity contribution in [1.29, 1.82) is 0 Å². The topological polar surface area (TPSA) is 54.9 Å². The fourth-order valence-corrected chi connectivity index (χ4v) is 2.70. The molecule has 5 nitrogen and oxygen atoms in total. The molecular formula is C17H35N3O2. The summed E-state index contributed by atoms with van der Waals surface area (Å²) < 4.78 is 10.4. The van der Waals surface area contributed by atoms with Crippen LogP contribution in [0.5, 0.6) is 0 Å². The van der Waals surface area contributed by atoms with Gasteiger partial charge in [0.05, 0.1) is 13.2 Å². The average Bonchev–Trinajstić information content (AvgIpc) is 2.53. The fourth-order valence-electron chi connectivity index (χ4n) is 2.70. The van der Waals surface area contributed by atoms with Gasteiger partial charge in [0.15, 0.2) is 5.96 Å². The number of methoxy groups -OCH3 is 1. The highest BCUT2D eigenvalue weighted by Crippen LogP contribution is 2.28. The van der Waals surface area contributed by atoms with Crippen molar-refractivity contribution in [2.24, 2.45) is 16.8 Å². The smallest absolute Gasteiger partial charge is 0.191 e. The van der Waals surface area contributed by atoms with Crippen molar-refractivity contribution in [3.63, 3.8) is 0 Å². The quantitative estimate of drug-likeness (QED) is 0.369. The van der Waals surface area contributed by atoms with Gasteiger partial charge in [0, 0.05) is 33.4 Å². The van der Waals surface area contributed by atoms with Crippen LogP contribution >= 0.6 is 0 Å². The maximum Gasteiger partial charge on any atom is 0.191 e. The van der Waals surface area contributed by atoms with Crippen LogP contribution in [0.15, 0.2) is 4.99 Å². The standard InChI is InChI=1S/C17H35N3O2/c1-4-18-17(19-10-5-11-22-13-12-21-3)20-14-16-8-6-15(2)7-9-16/h15-16H,4-14H2,1-3H3,(H2,18,19,20). The highest BCUT2D eigenvalue weighted by atomic mass is 16.5. The largest absolute Gasteiger partial charge is 0.382 e. The number of hydrogen-bond donors (Lipinski definition) is 2. The van der Waals surface area contributed by atoms with Gasteiger partial charge < -0.3 is 20.1 Å². The van der Waals surface area contributed by atoms with Crippen molar-refractivity contribution >= 4 is 5.96 Å². The zero-order chi connectivity index (χ0) is 16.0. The summed E-state index contributed by atoms with van der Waals surface area (Å²) in [7, 11) is 1.69. The van der Waals surface area contributed by atoms with Gasteiger partial charge in [-0.05, 0) is 38.0 Å². The lowest BCUT2D eigenvalue weighted by Gasteiger charge is -2.25. The van der Waals surface area contributed by atoms with Crippen LogP contribution in [-0.2, 0) is 9.47 Å². The molecule has 1 fully saturated rings. The Morgan fingerprint density at radius 2 is 1.86 bits per heavy atom. The zero-order valence-corrected chi connectivity index (χ0v) is 14.7. The van der Waals surface area contributed by atoms with Gasteiger partial charge >= 0.3 is 0 Å². The first-order valence-corrected chi connectivity index (χ1v) is 8.85. The van der Waals surface area contributed by atoms with E-state index >= 15 is 0 Å². The second-order valence-corrected chi connectivity index (χ2v) is 6.23. The first kappa shape index (κ1) is 19.2. The summed E-state index contributed by atoms with van der Waals surface area (Å²) >= 11 is 0. The molecule has 0 unspecified atom stereocenters. The molecule has 1 saturated carbocycles. The maximum absolute atomic E-state index is 5.46. The van der Waals surface area contributed by atoms with E-state index in [2.05, 4.69) is 24.5 Å². The van der Waals surface area contributed by atoms with Crippen LogP contribution in [-0.4, -0.2) is 52.5 Å². The third-order valence-electron chi connectivity index (χ3n) is 4.18. The van der Waals surface area contributed by atoms with E-state index in [0.717, 1.165) is 50.5 Å². The number of hydrogen-bond acceptors (Lipinski definition) is 3. The molecule has 2 N–H and O–H groups in total. The summed E-state index contributed by atoms with van der Waals surface area (Å²) in [5.74, 6) is 2.62. The molecule has 0 aromatic heterocycles. The Morgan fingerprint density at radius 3 is 2.55 bits per heavy atom. The molecule has 1 rings (SSSR count). The third-order valence-corrected chi connectivity index (χ3v) is 4.18. The van der Waals surface area contributed by atoms with Crippen LogP contribution in [0.2, 0.25) is 0 Å². The van der Waals surface area contributed by atoms with Crippen LogP contribution in [0, 0.1) is 11.8 Å². The summed E-state index contributed by atoms with van der Waals surface area (Å²) in [6.45, 7) is 9.30. The van der Waals surface area contributed by atoms with Gasteiger partial charge in [-0.25, -0.2) is 0 Å². The Labute approximate surface area is 136 Å². The van der Waals surface area contributed by atoms with Gasteiger partial charge in [-0.3, -0.25) is 4.99 Å². The van der Waals surface area contributed by atoms with E-state index in [4.69, 9.17) is 14.5 Å². The molecule has 0 saturated heterocycles. The monoisotopic (exact) mass is 313 g/mol. The molecule has 0 aromatic rings. The molecule has 0 spiro atoms. The lowest BCUT2D eigenvalue weighted by Crippen LogP contribution is -2.38. The molecule has 1 aliphatic carbocycles. The molecule has 5 heteroatoms. The van der Waals surface area contributed by atoms with Gasteiger partial charge in [0.25, 0.3) is 0 Å². The first-order chi connectivity index (χ1) is 10.8. The first-order valence-electron chi connectivity index (χ1n) is 8.85. The number of nitrogens with one attached hydrogen (secondary N) is 2. The van der Waals surface area contributed by atoms with Crippen molar-refractivity contribution in [2.75, 3.05) is 46.6 Å². The highest BCUT2D eigenvalue weighted by molar-refractivity contribution is 5.79. The van der Waals surface area contributed by atoms with Gasteiger partial charge in [-0.15, -0.1) is 0 Å². The number of nitrogens with zero attached hydrogens (tertiary/aromatic N) is 1. The zero-order valence-electron chi connectivity index (χ0n) is 14.7. The van der Waals surface area contributed by atoms with E-state index in [0.29, 0.717) is 13.2 Å². The van der Waals surface area contributed by atoms with Crippen LogP contribution in [0.25, 0.3) is 0 Å². The molecule has 0 aromatic carbocycles. The van der Waals surface area contributed by atoms with Crippen molar-refractivity contribution in [3.8, 4) is 0 Å². The molecule has 1 aliphatic rings. The van der Waals surface area contributed by atoms with Crippen molar-refractivity contribution < 1.29 is 9.47 Å². The van der Waals surface area contributed by atoms with E-state index in [1.54, 1.807) is 7.11 Å². The number of rotatable bonds is 10. The predicted molar refractivity (Wildman–Crippen MR) is 92.4 cm³/mol. The van der Waals surface area contributed by atoms with E-state index in [9.17, 15) is 0 Å². The average molecular weight is 313 g/mol. The molecule has 0 amide bonds. The predicted octanol–water partition coefficient (Wildman–Crippen LogP) is 2.42.